The van der Waals surface area contributed by atoms with Gasteiger partial charge in [-0.05, 0) is 12.8 Å². The maximum Gasteiger partial charge on any atom is 0.0700 e. The molecule has 0 unspecified atom stereocenters. The number of unbranched alkanes of at least 4 members (excludes halogenated alkanes) is 12. The van der Waals surface area contributed by atoms with Crippen LogP contribution in [0.5, 0.6) is 0 Å². The summed E-state index contributed by atoms with van der Waals surface area (Å²) in [6, 6.07) is 0. The number of hydrogen-bond acceptors (Lipinski definition) is 3. The maximum absolute atomic E-state index is 8.60. The molecule has 140 valence electrons. The molecule has 0 aliphatic carbocycles. The minimum Gasteiger partial charge on any atom is -0.396 e. The molecule has 0 aliphatic heterocycles. The highest BCUT2D eigenvalue weighted by Crippen LogP contribution is 2.12. The fourth-order valence-corrected chi connectivity index (χ4v) is 2.71. The highest BCUT2D eigenvalue weighted by molar-refractivity contribution is 4.49. The van der Waals surface area contributed by atoms with E-state index < -0.39 is 0 Å². The van der Waals surface area contributed by atoms with E-state index in [1.165, 1.54) is 83.5 Å². The van der Waals surface area contributed by atoms with Gasteiger partial charge in [-0.25, -0.2) is 0 Å². The second-order valence-corrected chi connectivity index (χ2v) is 6.54. The zero-order chi connectivity index (χ0) is 16.8. The molecule has 0 rings (SSSR count). The predicted octanol–water partition coefficient (Wildman–Crippen LogP) is 5.49. The smallest absolute Gasteiger partial charge is 0.0700 e. The van der Waals surface area contributed by atoms with Crippen molar-refractivity contribution in [3.8, 4) is 0 Å². The summed E-state index contributed by atoms with van der Waals surface area (Å²) in [6.07, 6.45) is 18.7. The first-order valence-corrected chi connectivity index (χ1v) is 10.2. The average molecular weight is 331 g/mol. The molecule has 0 aromatic heterocycles. The van der Waals surface area contributed by atoms with Crippen LogP contribution in [0.15, 0.2) is 0 Å². The van der Waals surface area contributed by atoms with E-state index in [1.807, 2.05) is 0 Å². The quantitative estimate of drug-likeness (QED) is 0.300. The predicted molar refractivity (Wildman–Crippen MR) is 99.0 cm³/mol. The zero-order valence-electron chi connectivity index (χ0n) is 15.7. The lowest BCUT2D eigenvalue weighted by atomic mass is 10.0. The highest BCUT2D eigenvalue weighted by atomic mass is 16.5. The first-order valence-electron chi connectivity index (χ1n) is 10.2. The molecule has 0 saturated heterocycles. The second kappa shape index (κ2) is 21.9. The fraction of sp³-hybridized carbons (Fsp3) is 1.00. The van der Waals surface area contributed by atoms with Gasteiger partial charge in [0.2, 0.25) is 0 Å². The summed E-state index contributed by atoms with van der Waals surface area (Å²) in [5.41, 5.74) is 0. The van der Waals surface area contributed by atoms with E-state index in [1.54, 1.807) is 0 Å². The molecule has 0 atom stereocenters. The van der Waals surface area contributed by atoms with Crippen LogP contribution in [-0.2, 0) is 9.47 Å². The summed E-state index contributed by atoms with van der Waals surface area (Å²) in [5, 5.41) is 8.60. The molecule has 0 heterocycles. The van der Waals surface area contributed by atoms with Crippen molar-refractivity contribution in [2.45, 2.75) is 96.8 Å². The Labute approximate surface area is 145 Å². The van der Waals surface area contributed by atoms with Crippen LogP contribution in [0.2, 0.25) is 0 Å². The lowest BCUT2D eigenvalue weighted by molar-refractivity contribution is 0.0413. The molecule has 1 N–H and O–H groups in total. The molecular weight excluding hydrogens is 288 g/mol. The molecule has 0 bridgehead atoms. The normalized spacial score (nSPS) is 11.2. The lowest BCUT2D eigenvalue weighted by Crippen LogP contribution is -2.06. The summed E-state index contributed by atoms with van der Waals surface area (Å²) in [7, 11) is 0. The van der Waals surface area contributed by atoms with Crippen LogP contribution >= 0.6 is 0 Å². The van der Waals surface area contributed by atoms with Crippen LogP contribution < -0.4 is 0 Å². The minimum atomic E-state index is 0.208. The average Bonchev–Trinajstić information content (AvgIpc) is 2.57. The van der Waals surface area contributed by atoms with Crippen LogP contribution in [-0.4, -0.2) is 38.1 Å². The molecule has 0 saturated carbocycles. The van der Waals surface area contributed by atoms with Crippen LogP contribution in [0.25, 0.3) is 0 Å². The molecule has 0 radical (unpaired) electrons. The Morgan fingerprint density at radius 2 is 0.870 bits per heavy atom. The van der Waals surface area contributed by atoms with E-state index in [9.17, 15) is 0 Å². The summed E-state index contributed by atoms with van der Waals surface area (Å²) < 4.78 is 10.8. The number of aliphatic hydroxyl groups excluding tert-OH is 1. The van der Waals surface area contributed by atoms with E-state index in [2.05, 4.69) is 6.92 Å². The molecule has 3 nitrogen and oxygen atoms in total. The third-order valence-electron chi connectivity index (χ3n) is 4.21. The van der Waals surface area contributed by atoms with Crippen molar-refractivity contribution < 1.29 is 14.6 Å². The number of hydrogen-bond donors (Lipinski definition) is 1. The third-order valence-corrected chi connectivity index (χ3v) is 4.21. The first-order chi connectivity index (χ1) is 11.4. The Hall–Kier alpha value is -0.120. The van der Waals surface area contributed by atoms with Gasteiger partial charge in [0.05, 0.1) is 13.2 Å². The molecule has 0 spiro atoms. The molecule has 0 aliphatic rings. The van der Waals surface area contributed by atoms with Crippen LogP contribution in [0, 0.1) is 0 Å². The van der Waals surface area contributed by atoms with Crippen molar-refractivity contribution in [2.75, 3.05) is 33.0 Å². The van der Waals surface area contributed by atoms with E-state index in [0.29, 0.717) is 19.8 Å². The van der Waals surface area contributed by atoms with Gasteiger partial charge in [0, 0.05) is 19.8 Å². The monoisotopic (exact) mass is 330 g/mol. The molecular formula is C20H42O3. The van der Waals surface area contributed by atoms with E-state index in [-0.39, 0.29) is 6.61 Å². The first kappa shape index (κ1) is 22.9. The molecule has 0 aromatic rings. The van der Waals surface area contributed by atoms with Crippen LogP contribution in [0.4, 0.5) is 0 Å². The molecule has 23 heavy (non-hydrogen) atoms. The van der Waals surface area contributed by atoms with Crippen LogP contribution in [0.3, 0.4) is 0 Å². The van der Waals surface area contributed by atoms with Gasteiger partial charge >= 0.3 is 0 Å². The number of rotatable bonds is 20. The van der Waals surface area contributed by atoms with Gasteiger partial charge in [-0.1, -0.05) is 84.0 Å². The Bertz CT molecular complexity index is 177. The van der Waals surface area contributed by atoms with Gasteiger partial charge in [0.15, 0.2) is 0 Å². The minimum absolute atomic E-state index is 0.208. The highest BCUT2D eigenvalue weighted by Gasteiger charge is 1.94. The van der Waals surface area contributed by atoms with Gasteiger partial charge in [-0.2, -0.15) is 0 Å². The Balaban J connectivity index is 2.92. The molecule has 0 aromatic carbocycles. The lowest BCUT2D eigenvalue weighted by Gasteiger charge is -2.05. The maximum atomic E-state index is 8.60. The number of ether oxygens (including phenoxy) is 2. The van der Waals surface area contributed by atoms with E-state index >= 15 is 0 Å². The SMILES string of the molecule is CCCCCCCCCCCCCCCOCCOCCCO. The topological polar surface area (TPSA) is 38.7 Å². The summed E-state index contributed by atoms with van der Waals surface area (Å²) >= 11 is 0. The van der Waals surface area contributed by atoms with Gasteiger partial charge in [0.1, 0.15) is 0 Å². The molecule has 0 fully saturated rings. The Morgan fingerprint density at radius 3 is 1.30 bits per heavy atom. The summed E-state index contributed by atoms with van der Waals surface area (Å²) in [4.78, 5) is 0. The largest absolute Gasteiger partial charge is 0.396 e. The standard InChI is InChI=1S/C20H42O3/c1-2-3-4-5-6-7-8-9-10-11-12-13-14-17-22-19-20-23-18-15-16-21/h21H,2-20H2,1H3. The van der Waals surface area contributed by atoms with Crippen molar-refractivity contribution in [2.24, 2.45) is 0 Å². The van der Waals surface area contributed by atoms with Crippen molar-refractivity contribution in [1.29, 1.82) is 0 Å². The van der Waals surface area contributed by atoms with Crippen LogP contribution in [0.1, 0.15) is 96.8 Å². The van der Waals surface area contributed by atoms with Crippen molar-refractivity contribution in [3.63, 3.8) is 0 Å². The zero-order valence-corrected chi connectivity index (χ0v) is 15.7. The van der Waals surface area contributed by atoms with Crippen molar-refractivity contribution >= 4 is 0 Å². The van der Waals surface area contributed by atoms with Gasteiger partial charge in [0.25, 0.3) is 0 Å². The van der Waals surface area contributed by atoms with Gasteiger partial charge in [-0.3, -0.25) is 0 Å². The van der Waals surface area contributed by atoms with Gasteiger partial charge in [-0.15, -0.1) is 0 Å². The summed E-state index contributed by atoms with van der Waals surface area (Å²) in [5.74, 6) is 0. The summed E-state index contributed by atoms with van der Waals surface area (Å²) in [6.45, 7) is 5.32. The number of aliphatic hydroxyl groups is 1. The van der Waals surface area contributed by atoms with E-state index in [0.717, 1.165) is 13.0 Å². The molecule has 3 heteroatoms. The Morgan fingerprint density at radius 1 is 0.478 bits per heavy atom. The van der Waals surface area contributed by atoms with Crippen molar-refractivity contribution in [3.05, 3.63) is 0 Å². The second-order valence-electron chi connectivity index (χ2n) is 6.54. The van der Waals surface area contributed by atoms with Crippen molar-refractivity contribution in [1.82, 2.24) is 0 Å². The van der Waals surface area contributed by atoms with E-state index in [4.69, 9.17) is 14.6 Å². The van der Waals surface area contributed by atoms with Gasteiger partial charge < -0.3 is 14.6 Å². The fourth-order valence-electron chi connectivity index (χ4n) is 2.71. The Kier molecular flexibility index (Phi) is 21.8. The molecule has 0 amide bonds. The third kappa shape index (κ3) is 21.9.